The first-order chi connectivity index (χ1) is 13.1. The molecule has 0 saturated carbocycles. The molecule has 2 amide bonds. The molecule has 1 fully saturated rings. The van der Waals surface area contributed by atoms with Gasteiger partial charge in [0, 0.05) is 25.0 Å². The fourth-order valence-corrected chi connectivity index (χ4v) is 3.49. The van der Waals surface area contributed by atoms with E-state index in [1.807, 2.05) is 55.1 Å². The van der Waals surface area contributed by atoms with Gasteiger partial charge >= 0.3 is 0 Å². The first kappa shape index (κ1) is 17.3. The summed E-state index contributed by atoms with van der Waals surface area (Å²) in [6.45, 7) is 5.46. The third kappa shape index (κ3) is 3.07. The van der Waals surface area contributed by atoms with Gasteiger partial charge in [-0.2, -0.15) is 0 Å². The summed E-state index contributed by atoms with van der Waals surface area (Å²) in [6, 6.07) is 11.3. The van der Waals surface area contributed by atoms with Gasteiger partial charge in [0.2, 0.25) is 5.82 Å². The topological polar surface area (TPSA) is 66.7 Å². The van der Waals surface area contributed by atoms with E-state index in [0.29, 0.717) is 11.2 Å². The van der Waals surface area contributed by atoms with Crippen LogP contribution in [0.2, 0.25) is 0 Å². The largest absolute Gasteiger partial charge is 0.337 e. The fraction of sp³-hybridized carbons (Fsp3) is 0.286. The van der Waals surface area contributed by atoms with Crippen molar-refractivity contribution in [2.45, 2.75) is 26.7 Å². The number of carbonyl (C=O) groups excluding carboxylic acids is 2. The number of amides is 2. The van der Waals surface area contributed by atoms with Crippen LogP contribution in [-0.4, -0.2) is 39.2 Å². The van der Waals surface area contributed by atoms with Crippen molar-refractivity contribution in [3.8, 4) is 0 Å². The number of carbonyl (C=O) groups is 2. The lowest BCUT2D eigenvalue weighted by Crippen LogP contribution is -2.28. The van der Waals surface area contributed by atoms with Gasteiger partial charge in [-0.05, 0) is 56.0 Å². The summed E-state index contributed by atoms with van der Waals surface area (Å²) >= 11 is 0. The fourth-order valence-electron chi connectivity index (χ4n) is 3.49. The lowest BCUT2D eigenvalue weighted by molar-refractivity contribution is 0.0789. The number of aryl methyl sites for hydroxylation is 1. The molecule has 1 aliphatic rings. The summed E-state index contributed by atoms with van der Waals surface area (Å²) in [5.41, 5.74) is 3.86. The highest BCUT2D eigenvalue weighted by Crippen LogP contribution is 2.21. The van der Waals surface area contributed by atoms with Gasteiger partial charge in [-0.3, -0.25) is 14.0 Å². The van der Waals surface area contributed by atoms with E-state index in [1.165, 1.54) is 0 Å². The normalized spacial score (nSPS) is 13.9. The molecule has 4 rings (SSSR count). The molecule has 3 aromatic rings. The van der Waals surface area contributed by atoms with Gasteiger partial charge in [-0.25, -0.2) is 4.98 Å². The number of rotatable bonds is 3. The molecule has 1 aliphatic heterocycles. The predicted molar refractivity (Wildman–Crippen MR) is 104 cm³/mol. The number of likely N-dealkylation sites (tertiary alicyclic amines) is 1. The van der Waals surface area contributed by atoms with Crippen LogP contribution in [0.1, 0.15) is 45.1 Å². The average Bonchev–Trinajstić information content (AvgIpc) is 3.33. The van der Waals surface area contributed by atoms with Crippen LogP contribution in [0.3, 0.4) is 0 Å². The van der Waals surface area contributed by atoms with Gasteiger partial charge in [0.25, 0.3) is 11.8 Å². The number of anilines is 1. The summed E-state index contributed by atoms with van der Waals surface area (Å²) < 4.78 is 1.68. The highest BCUT2D eigenvalue weighted by Gasteiger charge is 2.26. The van der Waals surface area contributed by atoms with Crippen molar-refractivity contribution in [2.75, 3.05) is 18.4 Å². The Hall–Kier alpha value is -3.15. The van der Waals surface area contributed by atoms with E-state index in [9.17, 15) is 9.59 Å². The predicted octanol–water partition coefficient (Wildman–Crippen LogP) is 3.44. The first-order valence-electron chi connectivity index (χ1n) is 9.20. The minimum absolute atomic E-state index is 0.109. The van der Waals surface area contributed by atoms with E-state index in [1.54, 1.807) is 10.6 Å². The third-order valence-electron chi connectivity index (χ3n) is 5.20. The van der Waals surface area contributed by atoms with Gasteiger partial charge in [0.05, 0.1) is 5.52 Å². The maximum atomic E-state index is 12.9. The zero-order valence-electron chi connectivity index (χ0n) is 15.5. The van der Waals surface area contributed by atoms with E-state index >= 15 is 0 Å². The lowest BCUT2D eigenvalue weighted by atomic mass is 10.1. The number of pyridine rings is 1. The minimum Gasteiger partial charge on any atom is -0.337 e. The van der Waals surface area contributed by atoms with Crippen LogP contribution in [0.4, 0.5) is 5.69 Å². The molecule has 1 aromatic carbocycles. The quantitative estimate of drug-likeness (QED) is 0.776. The Balaban J connectivity index is 1.72. The van der Waals surface area contributed by atoms with Crippen LogP contribution in [0, 0.1) is 13.8 Å². The molecular formula is C21H22N4O2. The van der Waals surface area contributed by atoms with Gasteiger partial charge < -0.3 is 10.2 Å². The van der Waals surface area contributed by atoms with Crippen molar-refractivity contribution in [3.05, 3.63) is 65.2 Å². The van der Waals surface area contributed by atoms with Crippen LogP contribution < -0.4 is 5.32 Å². The number of hydrogen-bond acceptors (Lipinski definition) is 3. The standard InChI is InChI=1S/C21H22N4O2/c1-14-8-7-9-16(15(14)2)22-20(26)19-23-18(17-10-3-4-13-25(17)19)21(27)24-11-5-6-12-24/h3-4,7-10,13H,5-6,11-12H2,1-2H3,(H,22,26). The molecule has 0 spiro atoms. The molecule has 0 radical (unpaired) electrons. The highest BCUT2D eigenvalue weighted by molar-refractivity contribution is 6.06. The summed E-state index contributed by atoms with van der Waals surface area (Å²) in [5, 5.41) is 2.93. The Morgan fingerprint density at radius 3 is 2.59 bits per heavy atom. The number of imidazole rings is 1. The highest BCUT2D eigenvalue weighted by atomic mass is 16.2. The Morgan fingerprint density at radius 1 is 1.04 bits per heavy atom. The van der Waals surface area contributed by atoms with E-state index in [2.05, 4.69) is 10.3 Å². The zero-order valence-corrected chi connectivity index (χ0v) is 15.5. The number of fused-ring (bicyclic) bond motifs is 1. The maximum Gasteiger partial charge on any atom is 0.292 e. The zero-order chi connectivity index (χ0) is 19.0. The molecule has 1 saturated heterocycles. The molecule has 6 heteroatoms. The van der Waals surface area contributed by atoms with Crippen molar-refractivity contribution in [1.82, 2.24) is 14.3 Å². The van der Waals surface area contributed by atoms with Gasteiger partial charge in [0.1, 0.15) is 0 Å². The summed E-state index contributed by atoms with van der Waals surface area (Å²) in [6.07, 6.45) is 3.79. The molecule has 0 bridgehead atoms. The van der Waals surface area contributed by atoms with Gasteiger partial charge in [0.15, 0.2) is 5.69 Å². The van der Waals surface area contributed by atoms with Crippen LogP contribution >= 0.6 is 0 Å². The van der Waals surface area contributed by atoms with Crippen molar-refractivity contribution >= 4 is 23.0 Å². The molecule has 0 atom stereocenters. The number of nitrogens with one attached hydrogen (secondary N) is 1. The average molecular weight is 362 g/mol. The summed E-state index contributed by atoms with van der Waals surface area (Å²) in [4.78, 5) is 32.1. The Kier molecular flexibility index (Phi) is 4.39. The Labute approximate surface area is 157 Å². The first-order valence-corrected chi connectivity index (χ1v) is 9.20. The van der Waals surface area contributed by atoms with Crippen LogP contribution in [0.25, 0.3) is 5.52 Å². The van der Waals surface area contributed by atoms with Crippen LogP contribution in [0.5, 0.6) is 0 Å². The van der Waals surface area contributed by atoms with Crippen molar-refractivity contribution < 1.29 is 9.59 Å². The second-order valence-electron chi connectivity index (χ2n) is 6.94. The van der Waals surface area contributed by atoms with Crippen LogP contribution in [-0.2, 0) is 0 Å². The van der Waals surface area contributed by atoms with Gasteiger partial charge in [-0.15, -0.1) is 0 Å². The second-order valence-corrected chi connectivity index (χ2v) is 6.94. The van der Waals surface area contributed by atoms with E-state index in [-0.39, 0.29) is 17.6 Å². The molecule has 6 nitrogen and oxygen atoms in total. The molecule has 0 unspecified atom stereocenters. The Bertz CT molecular complexity index is 1030. The van der Waals surface area contributed by atoms with E-state index in [4.69, 9.17) is 0 Å². The molecule has 27 heavy (non-hydrogen) atoms. The second kappa shape index (κ2) is 6.87. The van der Waals surface area contributed by atoms with Crippen molar-refractivity contribution in [1.29, 1.82) is 0 Å². The minimum atomic E-state index is -0.328. The summed E-state index contributed by atoms with van der Waals surface area (Å²) in [7, 11) is 0. The molecule has 138 valence electrons. The van der Waals surface area contributed by atoms with Crippen molar-refractivity contribution in [3.63, 3.8) is 0 Å². The maximum absolute atomic E-state index is 12.9. The molecule has 3 heterocycles. The monoisotopic (exact) mass is 362 g/mol. The molecular weight excluding hydrogens is 340 g/mol. The molecule has 1 N–H and O–H groups in total. The number of nitrogens with zero attached hydrogens (tertiary/aromatic N) is 3. The summed E-state index contributed by atoms with van der Waals surface area (Å²) in [5.74, 6) is -0.221. The number of benzene rings is 1. The molecule has 0 aliphatic carbocycles. The van der Waals surface area contributed by atoms with Crippen molar-refractivity contribution in [2.24, 2.45) is 0 Å². The Morgan fingerprint density at radius 2 is 1.81 bits per heavy atom. The lowest BCUT2D eigenvalue weighted by Gasteiger charge is -2.13. The number of aromatic nitrogens is 2. The van der Waals surface area contributed by atoms with E-state index < -0.39 is 0 Å². The van der Waals surface area contributed by atoms with Crippen LogP contribution in [0.15, 0.2) is 42.6 Å². The smallest absolute Gasteiger partial charge is 0.292 e. The SMILES string of the molecule is Cc1cccc(NC(=O)c2nc(C(=O)N3CCCC3)c3ccccn23)c1C. The third-order valence-corrected chi connectivity index (χ3v) is 5.20. The van der Waals surface area contributed by atoms with E-state index in [0.717, 1.165) is 42.7 Å². The number of hydrogen-bond donors (Lipinski definition) is 1. The molecule has 2 aromatic heterocycles. The van der Waals surface area contributed by atoms with Gasteiger partial charge in [-0.1, -0.05) is 18.2 Å².